The van der Waals surface area contributed by atoms with Crippen LogP contribution >= 0.6 is 11.8 Å². The molecule has 32 heavy (non-hydrogen) atoms. The van der Waals surface area contributed by atoms with Crippen LogP contribution in [0.4, 0.5) is 5.95 Å². The van der Waals surface area contributed by atoms with Crippen LogP contribution in [0.5, 0.6) is 5.75 Å². The van der Waals surface area contributed by atoms with Gasteiger partial charge in [-0.3, -0.25) is 4.98 Å². The van der Waals surface area contributed by atoms with E-state index in [2.05, 4.69) is 20.3 Å². The monoisotopic (exact) mass is 455 g/mol. The van der Waals surface area contributed by atoms with E-state index in [1.807, 2.05) is 24.7 Å². The number of rotatable bonds is 5. The van der Waals surface area contributed by atoms with Gasteiger partial charge in [0, 0.05) is 54.8 Å². The molecule has 3 N–H and O–H groups in total. The molecule has 2 aliphatic rings. The van der Waals surface area contributed by atoms with E-state index in [1.165, 1.54) is 0 Å². The van der Waals surface area contributed by atoms with Gasteiger partial charge in [0.1, 0.15) is 10.8 Å². The SMILES string of the molecule is COc1c(C)cnc(Cn2nc3c4c(nc(N)nc42)SCC(NC2CCOCC2)C3)c1C. The van der Waals surface area contributed by atoms with Crippen LogP contribution < -0.4 is 15.8 Å². The van der Waals surface area contributed by atoms with Gasteiger partial charge in [0.15, 0.2) is 5.65 Å². The Morgan fingerprint density at radius 2 is 2.06 bits per heavy atom. The second-order valence-corrected chi connectivity index (χ2v) is 9.51. The van der Waals surface area contributed by atoms with E-state index in [4.69, 9.17) is 20.3 Å². The molecule has 0 bridgehead atoms. The van der Waals surface area contributed by atoms with Crippen LogP contribution in [-0.2, 0) is 17.7 Å². The lowest BCUT2D eigenvalue weighted by atomic mass is 10.1. The fourth-order valence-electron chi connectivity index (χ4n) is 4.63. The number of hydrogen-bond donors (Lipinski definition) is 2. The van der Waals surface area contributed by atoms with Gasteiger partial charge >= 0.3 is 0 Å². The number of nitrogens with two attached hydrogens (primary N) is 1. The van der Waals surface area contributed by atoms with Gasteiger partial charge < -0.3 is 20.5 Å². The van der Waals surface area contributed by atoms with E-state index >= 15 is 0 Å². The predicted octanol–water partition coefficient (Wildman–Crippen LogP) is 2.26. The smallest absolute Gasteiger partial charge is 0.223 e. The lowest BCUT2D eigenvalue weighted by molar-refractivity contribution is 0.0756. The maximum Gasteiger partial charge on any atom is 0.223 e. The molecule has 0 spiro atoms. The summed E-state index contributed by atoms with van der Waals surface area (Å²) in [6, 6.07) is 0.792. The highest BCUT2D eigenvalue weighted by atomic mass is 32.2. The highest BCUT2D eigenvalue weighted by Gasteiger charge is 2.27. The van der Waals surface area contributed by atoms with Crippen LogP contribution in [0.15, 0.2) is 11.2 Å². The first-order valence-electron chi connectivity index (χ1n) is 11.0. The average Bonchev–Trinajstić information content (AvgIpc) is 3.01. The molecule has 0 amide bonds. The Kier molecular flexibility index (Phi) is 5.92. The topological polar surface area (TPSA) is 113 Å². The van der Waals surface area contributed by atoms with Crippen LogP contribution in [0.1, 0.15) is 35.4 Å². The first kappa shape index (κ1) is 21.4. The molecule has 5 heterocycles. The van der Waals surface area contributed by atoms with Gasteiger partial charge in [0.25, 0.3) is 0 Å². The number of aryl methyl sites for hydroxylation is 1. The van der Waals surface area contributed by atoms with Gasteiger partial charge in [0.05, 0.1) is 30.4 Å². The van der Waals surface area contributed by atoms with E-state index in [9.17, 15) is 0 Å². The van der Waals surface area contributed by atoms with Crippen molar-refractivity contribution in [3.63, 3.8) is 0 Å². The van der Waals surface area contributed by atoms with E-state index in [1.54, 1.807) is 18.9 Å². The summed E-state index contributed by atoms with van der Waals surface area (Å²) in [6.45, 7) is 6.18. The molecule has 0 aromatic carbocycles. The normalized spacial score (nSPS) is 19.3. The Morgan fingerprint density at radius 1 is 1.25 bits per heavy atom. The van der Waals surface area contributed by atoms with Crippen molar-refractivity contribution >= 4 is 28.7 Å². The Balaban J connectivity index is 1.49. The Labute approximate surface area is 191 Å². The Hall–Kier alpha value is -2.43. The van der Waals surface area contributed by atoms with Crippen molar-refractivity contribution in [2.45, 2.75) is 56.8 Å². The number of hydrogen-bond acceptors (Lipinski definition) is 9. The maximum atomic E-state index is 6.08. The standard InChI is InChI=1S/C22H29N7O2S/c1-12-9-24-17(13(2)19(12)30-3)10-29-20-18-16(28-29)8-15(25-14-4-6-31-7-5-14)11-32-21(18)27-22(23)26-20/h9,14-15,25H,4-8,10-11H2,1-3H3,(H2,23,26,27). The summed E-state index contributed by atoms with van der Waals surface area (Å²) in [5, 5.41) is 10.7. The molecule has 2 aliphatic heterocycles. The van der Waals surface area contributed by atoms with Gasteiger partial charge in [0.2, 0.25) is 5.95 Å². The molecule has 1 unspecified atom stereocenters. The minimum absolute atomic E-state index is 0.273. The van der Waals surface area contributed by atoms with Gasteiger partial charge in [-0.25, -0.2) is 9.67 Å². The lowest BCUT2D eigenvalue weighted by Crippen LogP contribution is -2.43. The first-order valence-corrected chi connectivity index (χ1v) is 12.0. The average molecular weight is 456 g/mol. The summed E-state index contributed by atoms with van der Waals surface area (Å²) < 4.78 is 13.0. The third-order valence-corrected chi connectivity index (χ3v) is 7.39. The predicted molar refractivity (Wildman–Crippen MR) is 124 cm³/mol. The van der Waals surface area contributed by atoms with Gasteiger partial charge in [-0.05, 0) is 26.7 Å². The number of nitrogens with zero attached hydrogens (tertiary/aromatic N) is 5. The van der Waals surface area contributed by atoms with Crippen molar-refractivity contribution in [2.75, 3.05) is 31.8 Å². The summed E-state index contributed by atoms with van der Waals surface area (Å²) in [6.07, 6.45) is 4.77. The summed E-state index contributed by atoms with van der Waals surface area (Å²) in [5.74, 6) is 2.06. The summed E-state index contributed by atoms with van der Waals surface area (Å²) in [5.41, 5.74) is 10.8. The number of ether oxygens (including phenoxy) is 2. The zero-order chi connectivity index (χ0) is 22.2. The molecule has 170 valence electrons. The lowest BCUT2D eigenvalue weighted by Gasteiger charge is -2.27. The molecular weight excluding hydrogens is 426 g/mol. The molecule has 1 fully saturated rings. The van der Waals surface area contributed by atoms with Crippen molar-refractivity contribution < 1.29 is 9.47 Å². The third kappa shape index (κ3) is 4.02. The molecule has 0 saturated carbocycles. The molecule has 1 saturated heterocycles. The zero-order valence-corrected chi connectivity index (χ0v) is 19.5. The number of anilines is 1. The maximum absolute atomic E-state index is 6.08. The highest BCUT2D eigenvalue weighted by Crippen LogP contribution is 2.34. The van der Waals surface area contributed by atoms with Crippen LogP contribution in [-0.4, -0.2) is 62.9 Å². The second kappa shape index (κ2) is 8.84. The minimum Gasteiger partial charge on any atom is -0.496 e. The molecule has 0 radical (unpaired) electrons. The largest absolute Gasteiger partial charge is 0.496 e. The van der Waals surface area contributed by atoms with Crippen molar-refractivity contribution in [3.05, 3.63) is 28.7 Å². The van der Waals surface area contributed by atoms with Gasteiger partial charge in [-0.2, -0.15) is 10.1 Å². The first-order chi connectivity index (χ1) is 15.5. The molecule has 10 heteroatoms. The van der Waals surface area contributed by atoms with Crippen molar-refractivity contribution in [3.8, 4) is 5.75 Å². The van der Waals surface area contributed by atoms with E-state index in [0.717, 1.165) is 82.6 Å². The number of methoxy groups -OCH3 is 1. The molecule has 5 rings (SSSR count). The summed E-state index contributed by atoms with van der Waals surface area (Å²) in [7, 11) is 1.69. The summed E-state index contributed by atoms with van der Waals surface area (Å²) >= 11 is 1.73. The molecule has 0 aliphatic carbocycles. The van der Waals surface area contributed by atoms with Gasteiger partial charge in [-0.15, -0.1) is 11.8 Å². The third-order valence-electron chi connectivity index (χ3n) is 6.25. The van der Waals surface area contributed by atoms with Crippen molar-refractivity contribution in [1.82, 2.24) is 30.0 Å². The van der Waals surface area contributed by atoms with Gasteiger partial charge in [-0.1, -0.05) is 0 Å². The molecule has 9 nitrogen and oxygen atoms in total. The number of aromatic nitrogens is 5. The fraction of sp³-hybridized carbons (Fsp3) is 0.545. The number of pyridine rings is 1. The van der Waals surface area contributed by atoms with E-state index < -0.39 is 0 Å². The Bertz CT molecular complexity index is 1140. The molecule has 3 aromatic heterocycles. The number of nitrogen functional groups attached to an aromatic ring is 1. The van der Waals surface area contributed by atoms with Crippen LogP contribution in [0, 0.1) is 13.8 Å². The highest BCUT2D eigenvalue weighted by molar-refractivity contribution is 7.99. The van der Waals surface area contributed by atoms with Crippen LogP contribution in [0.3, 0.4) is 0 Å². The fourth-order valence-corrected chi connectivity index (χ4v) is 5.72. The molecular formula is C22H29N7O2S. The van der Waals surface area contributed by atoms with E-state index in [0.29, 0.717) is 18.6 Å². The number of nitrogens with one attached hydrogen (secondary N) is 1. The van der Waals surface area contributed by atoms with E-state index in [-0.39, 0.29) is 5.95 Å². The minimum atomic E-state index is 0.273. The Morgan fingerprint density at radius 3 is 2.84 bits per heavy atom. The zero-order valence-electron chi connectivity index (χ0n) is 18.7. The van der Waals surface area contributed by atoms with Crippen LogP contribution in [0.25, 0.3) is 11.0 Å². The van der Waals surface area contributed by atoms with Crippen molar-refractivity contribution in [1.29, 1.82) is 0 Å². The molecule has 3 aromatic rings. The molecule has 1 atom stereocenters. The summed E-state index contributed by atoms with van der Waals surface area (Å²) in [4.78, 5) is 13.8. The number of thioether (sulfide) groups is 1. The second-order valence-electron chi connectivity index (χ2n) is 8.50. The quantitative estimate of drug-likeness (QED) is 0.559. The van der Waals surface area contributed by atoms with Crippen molar-refractivity contribution in [2.24, 2.45) is 0 Å². The van der Waals surface area contributed by atoms with Crippen LogP contribution in [0.2, 0.25) is 0 Å².